The molecule has 0 bridgehead atoms. The zero-order valence-electron chi connectivity index (χ0n) is 11.7. The standard InChI is InChI=1S/C17H17BrN2S/c18-15-7-4-10-2-1-3-11-8-13(9-14(15)16(10)11)20-17(21)19-12-5-6-12/h1-4,7,12-13H,5-6,8-9H2,(H2,19,20,21). The van der Waals surface area contributed by atoms with Crippen LogP contribution in [0.2, 0.25) is 0 Å². The van der Waals surface area contributed by atoms with Crippen LogP contribution in [0, 0.1) is 0 Å². The molecular formula is C17H17BrN2S. The molecule has 0 radical (unpaired) electrons. The normalized spacial score (nSPS) is 20.3. The largest absolute Gasteiger partial charge is 0.360 e. The molecule has 4 rings (SSSR count). The Labute approximate surface area is 138 Å². The first-order chi connectivity index (χ1) is 10.2. The second-order valence-electron chi connectivity index (χ2n) is 6.04. The second-order valence-corrected chi connectivity index (χ2v) is 7.30. The average molecular weight is 361 g/mol. The molecule has 1 saturated carbocycles. The van der Waals surface area contributed by atoms with Gasteiger partial charge in [-0.1, -0.05) is 40.2 Å². The van der Waals surface area contributed by atoms with Gasteiger partial charge in [-0.15, -0.1) is 0 Å². The topological polar surface area (TPSA) is 24.1 Å². The molecule has 2 aromatic rings. The molecule has 1 fully saturated rings. The van der Waals surface area contributed by atoms with E-state index < -0.39 is 0 Å². The first-order valence-corrected chi connectivity index (χ1v) is 8.67. The highest BCUT2D eigenvalue weighted by Crippen LogP contribution is 2.34. The van der Waals surface area contributed by atoms with Gasteiger partial charge in [-0.2, -0.15) is 0 Å². The molecule has 0 aliphatic heterocycles. The highest BCUT2D eigenvalue weighted by Gasteiger charge is 2.25. The van der Waals surface area contributed by atoms with Crippen LogP contribution in [-0.4, -0.2) is 17.2 Å². The molecule has 0 saturated heterocycles. The maximum absolute atomic E-state index is 5.43. The minimum absolute atomic E-state index is 0.376. The molecule has 21 heavy (non-hydrogen) atoms. The van der Waals surface area contributed by atoms with Crippen LogP contribution in [0.1, 0.15) is 24.0 Å². The van der Waals surface area contributed by atoms with E-state index in [1.807, 2.05) is 0 Å². The molecule has 0 amide bonds. The van der Waals surface area contributed by atoms with Gasteiger partial charge in [-0.05, 0) is 65.9 Å². The van der Waals surface area contributed by atoms with Crippen LogP contribution in [0.15, 0.2) is 34.8 Å². The number of hydrogen-bond acceptors (Lipinski definition) is 1. The van der Waals surface area contributed by atoms with Crippen LogP contribution in [0.25, 0.3) is 10.8 Å². The Hall–Kier alpha value is -1.13. The number of nitrogens with one attached hydrogen (secondary N) is 2. The van der Waals surface area contributed by atoms with Crippen molar-refractivity contribution in [1.29, 1.82) is 0 Å². The molecule has 0 heterocycles. The third-order valence-corrected chi connectivity index (χ3v) is 5.33. The van der Waals surface area contributed by atoms with E-state index in [9.17, 15) is 0 Å². The first kappa shape index (κ1) is 13.5. The Kier molecular flexibility index (Phi) is 3.38. The van der Waals surface area contributed by atoms with Gasteiger partial charge in [0, 0.05) is 16.6 Å². The van der Waals surface area contributed by atoms with Crippen molar-refractivity contribution in [1.82, 2.24) is 10.6 Å². The molecule has 2 nitrogen and oxygen atoms in total. The van der Waals surface area contributed by atoms with Crippen molar-refractivity contribution < 1.29 is 0 Å². The van der Waals surface area contributed by atoms with E-state index in [4.69, 9.17) is 12.2 Å². The zero-order chi connectivity index (χ0) is 14.4. The third-order valence-electron chi connectivity index (χ3n) is 4.35. The van der Waals surface area contributed by atoms with E-state index in [0.29, 0.717) is 12.1 Å². The van der Waals surface area contributed by atoms with E-state index in [2.05, 4.69) is 56.9 Å². The summed E-state index contributed by atoms with van der Waals surface area (Å²) in [6, 6.07) is 11.9. The molecule has 2 aliphatic carbocycles. The molecule has 0 aromatic heterocycles. The van der Waals surface area contributed by atoms with Crippen molar-refractivity contribution in [3.63, 3.8) is 0 Å². The van der Waals surface area contributed by atoms with E-state index in [1.165, 1.54) is 39.2 Å². The smallest absolute Gasteiger partial charge is 0.166 e. The van der Waals surface area contributed by atoms with Crippen LogP contribution >= 0.6 is 28.1 Å². The summed E-state index contributed by atoms with van der Waals surface area (Å²) in [5, 5.41) is 10.4. The van der Waals surface area contributed by atoms with Gasteiger partial charge in [0.25, 0.3) is 0 Å². The lowest BCUT2D eigenvalue weighted by atomic mass is 9.86. The maximum Gasteiger partial charge on any atom is 0.166 e. The molecular weight excluding hydrogens is 344 g/mol. The summed E-state index contributed by atoms with van der Waals surface area (Å²) >= 11 is 9.14. The lowest BCUT2D eigenvalue weighted by molar-refractivity contribution is 0.585. The van der Waals surface area contributed by atoms with Crippen LogP contribution in [0.3, 0.4) is 0 Å². The van der Waals surface area contributed by atoms with Gasteiger partial charge < -0.3 is 10.6 Å². The van der Waals surface area contributed by atoms with Gasteiger partial charge in [0.15, 0.2) is 5.11 Å². The van der Waals surface area contributed by atoms with E-state index in [1.54, 1.807) is 0 Å². The van der Waals surface area contributed by atoms with Gasteiger partial charge in [0.2, 0.25) is 0 Å². The van der Waals surface area contributed by atoms with Crippen LogP contribution in [0.5, 0.6) is 0 Å². The molecule has 108 valence electrons. The minimum atomic E-state index is 0.376. The Morgan fingerprint density at radius 3 is 2.67 bits per heavy atom. The number of benzene rings is 2. The van der Waals surface area contributed by atoms with E-state index >= 15 is 0 Å². The highest BCUT2D eigenvalue weighted by molar-refractivity contribution is 9.10. The fourth-order valence-electron chi connectivity index (χ4n) is 3.21. The van der Waals surface area contributed by atoms with Crippen molar-refractivity contribution in [3.8, 4) is 0 Å². The van der Waals surface area contributed by atoms with Crippen LogP contribution < -0.4 is 10.6 Å². The monoisotopic (exact) mass is 360 g/mol. The molecule has 2 aromatic carbocycles. The fourth-order valence-corrected chi connectivity index (χ4v) is 4.03. The number of halogens is 1. The summed E-state index contributed by atoms with van der Waals surface area (Å²) < 4.78 is 1.20. The lowest BCUT2D eigenvalue weighted by Gasteiger charge is -2.28. The van der Waals surface area contributed by atoms with Gasteiger partial charge >= 0.3 is 0 Å². The number of rotatable bonds is 2. The average Bonchev–Trinajstić information content (AvgIpc) is 3.26. The Morgan fingerprint density at radius 2 is 1.86 bits per heavy atom. The van der Waals surface area contributed by atoms with Crippen LogP contribution in [0.4, 0.5) is 0 Å². The van der Waals surface area contributed by atoms with E-state index in [0.717, 1.165) is 18.0 Å². The third kappa shape index (κ3) is 2.67. The second kappa shape index (κ2) is 5.25. The summed E-state index contributed by atoms with van der Waals surface area (Å²) in [7, 11) is 0. The van der Waals surface area contributed by atoms with Crippen molar-refractivity contribution in [3.05, 3.63) is 45.9 Å². The summed E-state index contributed by atoms with van der Waals surface area (Å²) in [6.07, 6.45) is 4.55. The van der Waals surface area contributed by atoms with Gasteiger partial charge in [0.1, 0.15) is 0 Å². The van der Waals surface area contributed by atoms with Crippen LogP contribution in [-0.2, 0) is 12.8 Å². The Balaban J connectivity index is 1.62. The molecule has 0 spiro atoms. The Morgan fingerprint density at radius 1 is 1.05 bits per heavy atom. The SMILES string of the molecule is S=C(NC1CC1)NC1Cc2cccc3ccc(Br)c(c23)C1. The van der Waals surface area contributed by atoms with Gasteiger partial charge in [-0.25, -0.2) is 0 Å². The van der Waals surface area contributed by atoms with Gasteiger partial charge in [-0.3, -0.25) is 0 Å². The molecule has 1 unspecified atom stereocenters. The lowest BCUT2D eigenvalue weighted by Crippen LogP contribution is -2.45. The predicted octanol–water partition coefficient (Wildman–Crippen LogP) is 3.70. The summed E-state index contributed by atoms with van der Waals surface area (Å²) in [4.78, 5) is 0. The number of thiocarbonyl (C=S) groups is 1. The summed E-state index contributed by atoms with van der Waals surface area (Å²) in [5.41, 5.74) is 2.82. The molecule has 4 heteroatoms. The molecule has 2 N–H and O–H groups in total. The number of hydrogen-bond donors (Lipinski definition) is 2. The van der Waals surface area contributed by atoms with Crippen molar-refractivity contribution >= 4 is 44.0 Å². The summed E-state index contributed by atoms with van der Waals surface area (Å²) in [6.45, 7) is 0. The minimum Gasteiger partial charge on any atom is -0.360 e. The molecule has 1 atom stereocenters. The molecule has 2 aliphatic rings. The maximum atomic E-state index is 5.43. The van der Waals surface area contributed by atoms with Crippen molar-refractivity contribution in [2.45, 2.75) is 37.8 Å². The van der Waals surface area contributed by atoms with Crippen molar-refractivity contribution in [2.75, 3.05) is 0 Å². The van der Waals surface area contributed by atoms with Crippen molar-refractivity contribution in [2.24, 2.45) is 0 Å². The summed E-state index contributed by atoms with van der Waals surface area (Å²) in [5.74, 6) is 0. The highest BCUT2D eigenvalue weighted by atomic mass is 79.9. The first-order valence-electron chi connectivity index (χ1n) is 7.47. The van der Waals surface area contributed by atoms with Gasteiger partial charge in [0.05, 0.1) is 0 Å². The predicted molar refractivity (Wildman–Crippen MR) is 94.7 cm³/mol. The quantitative estimate of drug-likeness (QED) is 0.798. The fraction of sp³-hybridized carbons (Fsp3) is 0.353. The van der Waals surface area contributed by atoms with E-state index in [-0.39, 0.29) is 0 Å². The Bertz CT molecular complexity index is 724. The zero-order valence-corrected chi connectivity index (χ0v) is 14.1.